The van der Waals surface area contributed by atoms with Gasteiger partial charge in [0.2, 0.25) is 5.91 Å². The van der Waals surface area contributed by atoms with Crippen LogP contribution in [0.25, 0.3) is 0 Å². The Morgan fingerprint density at radius 1 is 1.30 bits per heavy atom. The van der Waals surface area contributed by atoms with E-state index in [0.717, 1.165) is 6.92 Å². The maximum Gasteiger partial charge on any atom is 0.364 e. The molecule has 1 rings (SSSR count). The van der Waals surface area contributed by atoms with Crippen molar-refractivity contribution in [1.29, 1.82) is 0 Å². The molecule has 0 aromatic carbocycles. The minimum Gasteiger partial charge on any atom is -0.477 e. The quantitative estimate of drug-likeness (QED) is 0.248. The molecule has 27 heavy (non-hydrogen) atoms. The van der Waals surface area contributed by atoms with E-state index in [1.807, 2.05) is 0 Å². The predicted octanol–water partition coefficient (Wildman–Crippen LogP) is -2.26. The van der Waals surface area contributed by atoms with Crippen molar-refractivity contribution in [3.05, 3.63) is 0 Å². The summed E-state index contributed by atoms with van der Waals surface area (Å²) < 4.78 is 2.23. The lowest BCUT2D eigenvalue weighted by Crippen LogP contribution is -2.69. The van der Waals surface area contributed by atoms with Gasteiger partial charge >= 0.3 is 5.97 Å². The van der Waals surface area contributed by atoms with Crippen molar-refractivity contribution >= 4 is 52.6 Å². The molecule has 2 amide bonds. The topological polar surface area (TPSA) is 185 Å². The van der Waals surface area contributed by atoms with Crippen molar-refractivity contribution in [2.45, 2.75) is 53.4 Å². The molecule has 156 valence electrons. The Bertz CT molecular complexity index is 599. The Morgan fingerprint density at radius 3 is 2.19 bits per heavy atom. The molecule has 6 atom stereocenters. The minimum absolute atomic E-state index is 0.219. The number of hydrogen-bond acceptors (Lipinski definition) is 9. The van der Waals surface area contributed by atoms with E-state index >= 15 is 0 Å². The van der Waals surface area contributed by atoms with Gasteiger partial charge < -0.3 is 35.4 Å². The van der Waals surface area contributed by atoms with Gasteiger partial charge in [0.1, 0.15) is 18.3 Å². The van der Waals surface area contributed by atoms with Crippen molar-refractivity contribution < 1.29 is 49.8 Å². The first kappa shape index (κ1) is 24.3. The second-order valence-corrected chi connectivity index (χ2v) is 8.15. The van der Waals surface area contributed by atoms with Crippen LogP contribution in [-0.4, -0.2) is 100.0 Å². The molecular weight excluding hydrogens is 436 g/mol. The number of carboxylic acids is 1. The van der Waals surface area contributed by atoms with E-state index in [4.69, 9.17) is 49.8 Å². The number of nitrogens with zero attached hydrogens (tertiary/aromatic N) is 1. The molecule has 0 saturated carbocycles. The van der Waals surface area contributed by atoms with Crippen LogP contribution in [0.4, 0.5) is 0 Å². The van der Waals surface area contributed by atoms with Crippen molar-refractivity contribution in [1.82, 2.24) is 4.90 Å². The van der Waals surface area contributed by atoms with E-state index in [0.29, 0.717) is 0 Å². The van der Waals surface area contributed by atoms with Gasteiger partial charge in [0.15, 0.2) is 0 Å². The fraction of sp³-hybridized carbons (Fsp3) is 0.769. The van der Waals surface area contributed by atoms with Gasteiger partial charge in [0, 0.05) is 13.3 Å². The van der Waals surface area contributed by atoms with Crippen molar-refractivity contribution in [3.8, 4) is 0 Å². The van der Waals surface area contributed by atoms with E-state index in [1.165, 1.54) is 0 Å². The summed E-state index contributed by atoms with van der Waals surface area (Å²) in [4.78, 5) is 35.8. The van der Waals surface area contributed by atoms with Gasteiger partial charge in [-0.3, -0.25) is 14.5 Å². The molecule has 0 aliphatic carbocycles. The first-order chi connectivity index (χ1) is 12.2. The molecule has 1 aliphatic heterocycles. The highest BCUT2D eigenvalue weighted by molar-refractivity contribution is 6.76. The van der Waals surface area contributed by atoms with E-state index in [1.54, 1.807) is 0 Å². The Labute approximate surface area is 167 Å². The van der Waals surface area contributed by atoms with E-state index < -0.39 is 70.8 Å². The maximum absolute atomic E-state index is 12.3. The SMILES string of the molecule is CC(=O)N(C(=O)C(Cl)(Cl)Cl)[C@H]1[C@H]([C@H](O)[C@H](O)CO)O[C@](O)(C(=O)O)C[C@@H]1O. The third-order valence-corrected chi connectivity index (χ3v) is 4.38. The Kier molecular flexibility index (Phi) is 7.84. The number of alkyl halides is 3. The molecule has 0 radical (unpaired) electrons. The van der Waals surface area contributed by atoms with E-state index in [2.05, 4.69) is 0 Å². The largest absolute Gasteiger partial charge is 0.477 e. The molecule has 0 unspecified atom stereocenters. The van der Waals surface area contributed by atoms with Crippen molar-refractivity contribution in [2.24, 2.45) is 0 Å². The fourth-order valence-corrected chi connectivity index (χ4v) is 2.92. The standard InChI is InChI=1S/C13H18Cl3NO10/c1-4(19)17(10(23)13(14,15)16)7-5(20)2-12(26,11(24)25)27-9(7)8(22)6(21)3-18/h5-9,18,20-22,26H,2-3H2,1H3,(H,24,25)/t5-,6+,7+,8+,9+,12-/m0/s1. The third kappa shape index (κ3) is 5.19. The molecule has 0 spiro atoms. The molecule has 1 fully saturated rings. The summed E-state index contributed by atoms with van der Waals surface area (Å²) in [5.74, 6) is -7.50. The number of ether oxygens (including phenoxy) is 1. The van der Waals surface area contributed by atoms with Gasteiger partial charge in [-0.25, -0.2) is 4.79 Å². The molecule has 0 bridgehead atoms. The van der Waals surface area contributed by atoms with Crippen LogP contribution in [0.1, 0.15) is 13.3 Å². The number of hydrogen-bond donors (Lipinski definition) is 6. The van der Waals surface area contributed by atoms with Gasteiger partial charge in [-0.15, -0.1) is 0 Å². The maximum atomic E-state index is 12.3. The number of carbonyl (C=O) groups is 3. The van der Waals surface area contributed by atoms with Crippen LogP contribution in [0, 0.1) is 0 Å². The second-order valence-electron chi connectivity index (χ2n) is 5.87. The summed E-state index contributed by atoms with van der Waals surface area (Å²) in [6.45, 7) is -0.182. The number of aliphatic hydroxyl groups is 5. The summed E-state index contributed by atoms with van der Waals surface area (Å²) >= 11 is 16.4. The third-order valence-electron chi connectivity index (χ3n) is 3.90. The number of aliphatic carboxylic acids is 1. The molecule has 14 heteroatoms. The fourth-order valence-electron chi connectivity index (χ4n) is 2.65. The molecule has 6 N–H and O–H groups in total. The highest BCUT2D eigenvalue weighted by Gasteiger charge is 2.57. The number of imide groups is 1. The highest BCUT2D eigenvalue weighted by atomic mass is 35.6. The number of aliphatic hydroxyl groups excluding tert-OH is 4. The normalized spacial score (nSPS) is 31.1. The number of amides is 2. The van der Waals surface area contributed by atoms with Crippen molar-refractivity contribution in [2.75, 3.05) is 6.61 Å². The van der Waals surface area contributed by atoms with Gasteiger partial charge in [-0.2, -0.15) is 0 Å². The van der Waals surface area contributed by atoms with E-state index in [-0.39, 0.29) is 4.90 Å². The van der Waals surface area contributed by atoms with Gasteiger partial charge in [-0.05, 0) is 0 Å². The van der Waals surface area contributed by atoms with Crippen LogP contribution in [-0.2, 0) is 19.1 Å². The summed E-state index contributed by atoms with van der Waals surface area (Å²) in [5, 5.41) is 58.3. The lowest BCUT2D eigenvalue weighted by molar-refractivity contribution is -0.302. The number of halogens is 3. The van der Waals surface area contributed by atoms with Gasteiger partial charge in [0.05, 0.1) is 18.8 Å². The smallest absolute Gasteiger partial charge is 0.364 e. The predicted molar refractivity (Wildman–Crippen MR) is 88.8 cm³/mol. The molecule has 1 saturated heterocycles. The molecule has 11 nitrogen and oxygen atoms in total. The second kappa shape index (κ2) is 8.72. The van der Waals surface area contributed by atoms with Crippen molar-refractivity contribution in [3.63, 3.8) is 0 Å². The number of rotatable bonds is 5. The van der Waals surface area contributed by atoms with Crippen LogP contribution >= 0.6 is 34.8 Å². The molecule has 1 aliphatic rings. The molecule has 0 aromatic rings. The first-order valence-corrected chi connectivity index (χ1v) is 8.50. The summed E-state index contributed by atoms with van der Waals surface area (Å²) in [7, 11) is 0. The van der Waals surface area contributed by atoms with Crippen LogP contribution in [0.3, 0.4) is 0 Å². The van der Waals surface area contributed by atoms with E-state index in [9.17, 15) is 34.8 Å². The summed E-state index contributed by atoms with van der Waals surface area (Å²) in [6.07, 6.45) is -9.14. The average Bonchev–Trinajstić information content (AvgIpc) is 2.53. The van der Waals surface area contributed by atoms with Crippen LogP contribution < -0.4 is 0 Å². The Morgan fingerprint density at radius 2 is 1.81 bits per heavy atom. The minimum atomic E-state index is -3.03. The first-order valence-electron chi connectivity index (χ1n) is 7.37. The molecular formula is C13H18Cl3NO10. The van der Waals surface area contributed by atoms with Crippen LogP contribution in [0.15, 0.2) is 0 Å². The Balaban J connectivity index is 3.47. The van der Waals surface area contributed by atoms with Gasteiger partial charge in [-0.1, -0.05) is 34.8 Å². The monoisotopic (exact) mass is 453 g/mol. The number of carboxylic acid groups (broad SMARTS) is 1. The lowest BCUT2D eigenvalue weighted by Gasteiger charge is -2.47. The molecule has 1 heterocycles. The highest BCUT2D eigenvalue weighted by Crippen LogP contribution is 2.36. The van der Waals surface area contributed by atoms with Crippen LogP contribution in [0.2, 0.25) is 0 Å². The summed E-state index contributed by atoms with van der Waals surface area (Å²) in [6, 6.07) is -1.86. The average molecular weight is 455 g/mol. The summed E-state index contributed by atoms with van der Waals surface area (Å²) in [5.41, 5.74) is 0. The Hall–Kier alpha value is -0.760. The zero-order valence-corrected chi connectivity index (χ0v) is 16.0. The lowest BCUT2D eigenvalue weighted by atomic mass is 9.87. The molecule has 0 aromatic heterocycles. The number of carbonyl (C=O) groups excluding carboxylic acids is 2. The zero-order valence-electron chi connectivity index (χ0n) is 13.7. The zero-order chi connectivity index (χ0) is 21.3. The van der Waals surface area contributed by atoms with Gasteiger partial charge in [0.25, 0.3) is 15.5 Å². The van der Waals surface area contributed by atoms with Crippen LogP contribution in [0.5, 0.6) is 0 Å².